The van der Waals surface area contributed by atoms with E-state index in [9.17, 15) is 0 Å². The Bertz CT molecular complexity index is 634. The van der Waals surface area contributed by atoms with Crippen LogP contribution in [-0.4, -0.2) is 17.3 Å². The Morgan fingerprint density at radius 1 is 1.50 bits per heavy atom. The quantitative estimate of drug-likeness (QED) is 0.837. The third-order valence-corrected chi connectivity index (χ3v) is 3.19. The smallest absolute Gasteiger partial charge is 0.229 e. The summed E-state index contributed by atoms with van der Waals surface area (Å²) in [5.41, 5.74) is 0.722. The lowest BCUT2D eigenvalue weighted by Crippen LogP contribution is -1.94. The molecule has 104 valence electrons. The molecule has 1 heterocycles. The number of hydrogen-bond acceptors (Lipinski definition) is 5. The maximum Gasteiger partial charge on any atom is 0.229 e. The summed E-state index contributed by atoms with van der Waals surface area (Å²) in [7, 11) is 1.56. The zero-order valence-electron chi connectivity index (χ0n) is 11.3. The Morgan fingerprint density at radius 2 is 2.30 bits per heavy atom. The molecule has 0 amide bonds. The number of hydrogen-bond donors (Lipinski definition) is 0. The van der Waals surface area contributed by atoms with Crippen LogP contribution in [0.5, 0.6) is 5.75 Å². The van der Waals surface area contributed by atoms with Gasteiger partial charge in [0.15, 0.2) is 0 Å². The molecule has 0 saturated carbocycles. The van der Waals surface area contributed by atoms with Gasteiger partial charge in [-0.1, -0.05) is 23.7 Å². The second-order valence-electron chi connectivity index (χ2n) is 4.40. The first kappa shape index (κ1) is 14.4. The van der Waals surface area contributed by atoms with Crippen LogP contribution in [-0.2, 0) is 0 Å². The largest absolute Gasteiger partial charge is 0.496 e. The third kappa shape index (κ3) is 3.09. The van der Waals surface area contributed by atoms with Crippen LogP contribution >= 0.6 is 11.6 Å². The van der Waals surface area contributed by atoms with Crippen LogP contribution in [0.4, 0.5) is 0 Å². The molecule has 1 aromatic carbocycles. The van der Waals surface area contributed by atoms with Crippen molar-refractivity contribution in [3.8, 4) is 23.2 Å². The van der Waals surface area contributed by atoms with Crippen LogP contribution in [0.1, 0.15) is 31.6 Å². The summed E-state index contributed by atoms with van der Waals surface area (Å²) >= 11 is 5.92. The van der Waals surface area contributed by atoms with Gasteiger partial charge in [0.2, 0.25) is 11.7 Å². The Kier molecular flexibility index (Phi) is 4.59. The molecule has 20 heavy (non-hydrogen) atoms. The molecule has 2 rings (SSSR count). The first-order valence-electron chi connectivity index (χ1n) is 6.20. The summed E-state index contributed by atoms with van der Waals surface area (Å²) in [4.78, 5) is 4.36. The van der Waals surface area contributed by atoms with Crippen LogP contribution in [0, 0.1) is 11.3 Å². The van der Waals surface area contributed by atoms with E-state index in [1.165, 1.54) is 0 Å². The fourth-order valence-electron chi connectivity index (χ4n) is 1.80. The standard InChI is InChI=1S/C14H14ClN3O2/c1-9(4-3-7-16)14-17-13(18-20-14)11-6-5-10(15)8-12(11)19-2/h5-6,8-9H,3-4H2,1-2H3. The molecule has 0 fully saturated rings. The number of halogens is 1. The molecule has 6 heteroatoms. The highest BCUT2D eigenvalue weighted by Crippen LogP contribution is 2.31. The minimum Gasteiger partial charge on any atom is -0.496 e. The highest BCUT2D eigenvalue weighted by molar-refractivity contribution is 6.30. The minimum absolute atomic E-state index is 0.0502. The number of ether oxygens (including phenoxy) is 1. The molecule has 0 radical (unpaired) electrons. The monoisotopic (exact) mass is 291 g/mol. The molecule has 0 spiro atoms. The zero-order valence-corrected chi connectivity index (χ0v) is 12.0. The summed E-state index contributed by atoms with van der Waals surface area (Å²) < 4.78 is 10.5. The van der Waals surface area contributed by atoms with E-state index in [0.717, 1.165) is 5.56 Å². The van der Waals surface area contributed by atoms with Crippen molar-refractivity contribution in [2.75, 3.05) is 7.11 Å². The normalized spacial score (nSPS) is 11.9. The van der Waals surface area contributed by atoms with Gasteiger partial charge in [-0.05, 0) is 24.6 Å². The fraction of sp³-hybridized carbons (Fsp3) is 0.357. The van der Waals surface area contributed by atoms with Crippen molar-refractivity contribution < 1.29 is 9.26 Å². The zero-order chi connectivity index (χ0) is 14.5. The number of rotatable bonds is 5. The number of methoxy groups -OCH3 is 1. The first-order valence-corrected chi connectivity index (χ1v) is 6.58. The van der Waals surface area contributed by atoms with Gasteiger partial charge in [-0.15, -0.1) is 0 Å². The molecule has 0 saturated heterocycles. The van der Waals surface area contributed by atoms with Gasteiger partial charge in [0, 0.05) is 17.4 Å². The molecule has 1 atom stereocenters. The van der Waals surface area contributed by atoms with Crippen LogP contribution < -0.4 is 4.74 Å². The average molecular weight is 292 g/mol. The minimum atomic E-state index is 0.0502. The van der Waals surface area contributed by atoms with Gasteiger partial charge in [0.25, 0.3) is 0 Å². The van der Waals surface area contributed by atoms with Crippen LogP contribution in [0.25, 0.3) is 11.4 Å². The lowest BCUT2D eigenvalue weighted by atomic mass is 10.1. The Balaban J connectivity index is 2.27. The van der Waals surface area contributed by atoms with Gasteiger partial charge in [0.1, 0.15) is 5.75 Å². The molecule has 1 unspecified atom stereocenters. The highest BCUT2D eigenvalue weighted by atomic mass is 35.5. The molecule has 1 aromatic heterocycles. The second-order valence-corrected chi connectivity index (χ2v) is 4.84. The van der Waals surface area contributed by atoms with E-state index in [-0.39, 0.29) is 5.92 Å². The van der Waals surface area contributed by atoms with E-state index in [2.05, 4.69) is 16.2 Å². The van der Waals surface area contributed by atoms with E-state index >= 15 is 0 Å². The molecular formula is C14H14ClN3O2. The molecular weight excluding hydrogens is 278 g/mol. The number of nitriles is 1. The average Bonchev–Trinajstić information content (AvgIpc) is 2.94. The number of nitrogens with zero attached hydrogens (tertiary/aromatic N) is 3. The predicted molar refractivity (Wildman–Crippen MR) is 74.6 cm³/mol. The summed E-state index contributed by atoms with van der Waals surface area (Å²) in [5, 5.41) is 13.1. The SMILES string of the molecule is COc1cc(Cl)ccc1-c1noc(C(C)CCC#N)n1. The lowest BCUT2D eigenvalue weighted by molar-refractivity contribution is 0.354. The van der Waals surface area contributed by atoms with E-state index in [0.29, 0.717) is 35.3 Å². The molecule has 0 aliphatic carbocycles. The Hall–Kier alpha value is -2.06. The summed E-state index contributed by atoms with van der Waals surface area (Å²) in [6, 6.07) is 7.34. The first-order chi connectivity index (χ1) is 9.65. The molecule has 5 nitrogen and oxygen atoms in total. The summed E-state index contributed by atoms with van der Waals surface area (Å²) in [6.07, 6.45) is 1.15. The van der Waals surface area contributed by atoms with Crippen molar-refractivity contribution in [1.29, 1.82) is 5.26 Å². The van der Waals surface area contributed by atoms with Crippen LogP contribution in [0.3, 0.4) is 0 Å². The van der Waals surface area contributed by atoms with Gasteiger partial charge in [-0.3, -0.25) is 0 Å². The van der Waals surface area contributed by atoms with Crippen molar-refractivity contribution in [2.24, 2.45) is 0 Å². The van der Waals surface area contributed by atoms with Gasteiger partial charge >= 0.3 is 0 Å². The molecule has 2 aromatic rings. The topological polar surface area (TPSA) is 71.9 Å². The van der Waals surface area contributed by atoms with Crippen molar-refractivity contribution >= 4 is 11.6 Å². The maximum atomic E-state index is 8.59. The van der Waals surface area contributed by atoms with Crippen molar-refractivity contribution in [2.45, 2.75) is 25.7 Å². The van der Waals surface area contributed by atoms with Crippen molar-refractivity contribution in [3.63, 3.8) is 0 Å². The van der Waals surface area contributed by atoms with Crippen molar-refractivity contribution in [3.05, 3.63) is 29.1 Å². The highest BCUT2D eigenvalue weighted by Gasteiger charge is 2.17. The molecule has 0 bridgehead atoms. The van der Waals surface area contributed by atoms with Crippen LogP contribution in [0.2, 0.25) is 5.02 Å². The van der Waals surface area contributed by atoms with E-state index in [1.54, 1.807) is 25.3 Å². The molecule has 0 aliphatic rings. The van der Waals surface area contributed by atoms with Gasteiger partial charge in [0.05, 0.1) is 18.7 Å². The van der Waals surface area contributed by atoms with E-state index in [1.807, 2.05) is 6.92 Å². The summed E-state index contributed by atoms with van der Waals surface area (Å²) in [5.74, 6) is 1.62. The third-order valence-electron chi connectivity index (χ3n) is 2.96. The summed E-state index contributed by atoms with van der Waals surface area (Å²) in [6.45, 7) is 1.95. The maximum absolute atomic E-state index is 8.59. The number of aromatic nitrogens is 2. The van der Waals surface area contributed by atoms with Crippen molar-refractivity contribution in [1.82, 2.24) is 10.1 Å². The van der Waals surface area contributed by atoms with E-state index < -0.39 is 0 Å². The van der Waals surface area contributed by atoms with E-state index in [4.69, 9.17) is 26.1 Å². The van der Waals surface area contributed by atoms with Crippen LogP contribution in [0.15, 0.2) is 22.7 Å². The second kappa shape index (κ2) is 6.40. The van der Waals surface area contributed by atoms with Gasteiger partial charge < -0.3 is 9.26 Å². The number of benzene rings is 1. The Labute approximate surface area is 122 Å². The molecule has 0 N–H and O–H groups in total. The molecule has 0 aliphatic heterocycles. The van der Waals surface area contributed by atoms with Gasteiger partial charge in [-0.25, -0.2) is 0 Å². The predicted octanol–water partition coefficient (Wildman–Crippen LogP) is 3.81. The fourth-order valence-corrected chi connectivity index (χ4v) is 1.96. The van der Waals surface area contributed by atoms with Gasteiger partial charge in [-0.2, -0.15) is 10.2 Å². The lowest BCUT2D eigenvalue weighted by Gasteiger charge is -2.05. The Morgan fingerprint density at radius 3 is 3.00 bits per heavy atom.